The summed E-state index contributed by atoms with van der Waals surface area (Å²) in [5, 5.41) is 5.35. The van der Waals surface area contributed by atoms with Crippen molar-refractivity contribution in [3.8, 4) is 0 Å². The molecular weight excluding hydrogens is 260 g/mol. The molecule has 2 aromatic heterocycles. The van der Waals surface area contributed by atoms with Gasteiger partial charge >= 0.3 is 0 Å². The third-order valence-corrected chi connectivity index (χ3v) is 4.03. The van der Waals surface area contributed by atoms with Crippen molar-refractivity contribution >= 4 is 28.9 Å². The Kier molecular flexibility index (Phi) is 3.87. The smallest absolute Gasteiger partial charge is 0.223 e. The Balaban J connectivity index is 2.08. The molecule has 2 aromatic rings. The summed E-state index contributed by atoms with van der Waals surface area (Å²) in [6, 6.07) is 5.91. The van der Waals surface area contributed by atoms with Crippen LogP contribution in [-0.2, 0) is 5.41 Å². The molecule has 0 spiro atoms. The first-order valence-corrected chi connectivity index (χ1v) is 6.78. The van der Waals surface area contributed by atoms with E-state index >= 15 is 0 Å². The fourth-order valence-corrected chi connectivity index (χ4v) is 2.54. The summed E-state index contributed by atoms with van der Waals surface area (Å²) >= 11 is 1.75. The third-order valence-electron chi connectivity index (χ3n) is 2.79. The number of nitrogens with one attached hydrogen (secondary N) is 2. The Morgan fingerprint density at radius 2 is 2.05 bits per heavy atom. The van der Waals surface area contributed by atoms with Crippen LogP contribution in [0.3, 0.4) is 0 Å². The minimum atomic E-state index is 0.0180. The molecule has 0 radical (unpaired) electrons. The molecule has 7 heteroatoms. The van der Waals surface area contributed by atoms with Crippen molar-refractivity contribution in [3.05, 3.63) is 28.5 Å². The second-order valence-electron chi connectivity index (χ2n) is 4.86. The largest absolute Gasteiger partial charge is 0.369 e. The van der Waals surface area contributed by atoms with E-state index in [0.29, 0.717) is 11.6 Å². The first-order valence-electron chi connectivity index (χ1n) is 5.90. The van der Waals surface area contributed by atoms with E-state index in [4.69, 9.17) is 11.6 Å². The van der Waals surface area contributed by atoms with Gasteiger partial charge in [0.15, 0.2) is 0 Å². The number of thiophene rings is 1. The van der Waals surface area contributed by atoms with Gasteiger partial charge in [0.05, 0.1) is 0 Å². The molecule has 2 heterocycles. The van der Waals surface area contributed by atoms with Crippen LogP contribution in [0.1, 0.15) is 18.7 Å². The zero-order chi connectivity index (χ0) is 13.9. The maximum absolute atomic E-state index is 5.61. The van der Waals surface area contributed by atoms with Crippen molar-refractivity contribution < 1.29 is 0 Å². The maximum atomic E-state index is 5.61. The van der Waals surface area contributed by atoms with Gasteiger partial charge in [-0.3, -0.25) is 0 Å². The van der Waals surface area contributed by atoms with Crippen molar-refractivity contribution in [1.29, 1.82) is 0 Å². The zero-order valence-corrected chi connectivity index (χ0v) is 11.8. The summed E-state index contributed by atoms with van der Waals surface area (Å²) in [5.41, 5.74) is 8.10. The lowest BCUT2D eigenvalue weighted by molar-refractivity contribution is 0.568. The molecular formula is C12H18N6S. The normalized spacial score (nSPS) is 11.3. The summed E-state index contributed by atoms with van der Waals surface area (Å²) in [4.78, 5) is 9.39. The average Bonchev–Trinajstić information content (AvgIpc) is 2.90. The Morgan fingerprint density at radius 3 is 2.68 bits per heavy atom. The number of hydrogen-bond donors (Lipinski definition) is 4. The van der Waals surface area contributed by atoms with Crippen molar-refractivity contribution in [1.82, 2.24) is 9.97 Å². The van der Waals surface area contributed by atoms with E-state index < -0.39 is 0 Å². The zero-order valence-electron chi connectivity index (χ0n) is 11.0. The van der Waals surface area contributed by atoms with Crippen LogP contribution in [0.4, 0.5) is 17.6 Å². The number of nitrogen functional groups attached to an aromatic ring is 2. The number of aromatic nitrogens is 2. The second kappa shape index (κ2) is 5.41. The molecule has 0 aromatic carbocycles. The Bertz CT molecular complexity index is 537. The van der Waals surface area contributed by atoms with Crippen LogP contribution in [0.2, 0.25) is 0 Å². The number of rotatable bonds is 5. The van der Waals surface area contributed by atoms with Crippen LogP contribution in [-0.4, -0.2) is 16.5 Å². The molecule has 0 saturated carbocycles. The highest BCUT2D eigenvalue weighted by atomic mass is 32.1. The summed E-state index contributed by atoms with van der Waals surface area (Å²) in [5.74, 6) is 6.66. The second-order valence-corrected chi connectivity index (χ2v) is 5.80. The van der Waals surface area contributed by atoms with Crippen molar-refractivity contribution in [3.63, 3.8) is 0 Å². The molecule has 0 fully saturated rings. The fraction of sp³-hybridized carbons (Fsp3) is 0.333. The standard InChI is InChI=1S/C12H18N6S/c1-12(2,8-4-3-5-19-8)7-15-9-6-10(18-14)17-11(13)16-9/h3-6H,7,14H2,1-2H3,(H4,13,15,16,17,18). The highest BCUT2D eigenvalue weighted by Crippen LogP contribution is 2.27. The van der Waals surface area contributed by atoms with Crippen molar-refractivity contribution in [2.24, 2.45) is 5.84 Å². The number of nitrogens with zero attached hydrogens (tertiary/aromatic N) is 2. The highest BCUT2D eigenvalue weighted by Gasteiger charge is 2.21. The Morgan fingerprint density at radius 1 is 1.32 bits per heavy atom. The van der Waals surface area contributed by atoms with E-state index in [1.165, 1.54) is 4.88 Å². The van der Waals surface area contributed by atoms with Gasteiger partial charge in [-0.25, -0.2) is 5.84 Å². The molecule has 0 aliphatic heterocycles. The minimum Gasteiger partial charge on any atom is -0.369 e. The first kappa shape index (κ1) is 13.6. The minimum absolute atomic E-state index is 0.0180. The maximum Gasteiger partial charge on any atom is 0.223 e. The highest BCUT2D eigenvalue weighted by molar-refractivity contribution is 7.10. The lowest BCUT2D eigenvalue weighted by Gasteiger charge is -2.24. The van der Waals surface area contributed by atoms with Gasteiger partial charge < -0.3 is 16.5 Å². The molecule has 6 nitrogen and oxygen atoms in total. The van der Waals surface area contributed by atoms with Gasteiger partial charge in [0.25, 0.3) is 0 Å². The number of nitrogens with two attached hydrogens (primary N) is 2. The number of hydrogen-bond acceptors (Lipinski definition) is 7. The lowest BCUT2D eigenvalue weighted by atomic mass is 9.91. The third kappa shape index (κ3) is 3.33. The van der Waals surface area contributed by atoms with Crippen molar-refractivity contribution in [2.75, 3.05) is 23.0 Å². The van der Waals surface area contributed by atoms with Crippen LogP contribution in [0.15, 0.2) is 23.6 Å². The van der Waals surface area contributed by atoms with Crippen LogP contribution in [0.25, 0.3) is 0 Å². The molecule has 0 aliphatic rings. The molecule has 0 atom stereocenters. The molecule has 0 aliphatic carbocycles. The quantitative estimate of drug-likeness (QED) is 0.491. The molecule has 102 valence electrons. The molecule has 6 N–H and O–H groups in total. The van der Waals surface area contributed by atoms with Crippen LogP contribution in [0, 0.1) is 0 Å². The van der Waals surface area contributed by atoms with E-state index in [1.807, 2.05) is 0 Å². The predicted molar refractivity (Wildman–Crippen MR) is 80.1 cm³/mol. The molecule has 0 bridgehead atoms. The van der Waals surface area contributed by atoms with E-state index in [1.54, 1.807) is 17.4 Å². The average molecular weight is 278 g/mol. The van der Waals surface area contributed by atoms with Crippen molar-refractivity contribution in [2.45, 2.75) is 19.3 Å². The van der Waals surface area contributed by atoms with Gasteiger partial charge in [-0.1, -0.05) is 19.9 Å². The monoisotopic (exact) mass is 278 g/mol. The van der Waals surface area contributed by atoms with E-state index in [-0.39, 0.29) is 11.4 Å². The van der Waals surface area contributed by atoms with Gasteiger partial charge in [0.1, 0.15) is 11.6 Å². The summed E-state index contributed by atoms with van der Waals surface area (Å²) < 4.78 is 0. The fourth-order valence-electron chi connectivity index (χ4n) is 1.69. The van der Waals surface area contributed by atoms with Gasteiger partial charge in [-0.05, 0) is 11.4 Å². The predicted octanol–water partition coefficient (Wildman–Crippen LogP) is 1.80. The summed E-state index contributed by atoms with van der Waals surface area (Å²) in [6.07, 6.45) is 0. The topological polar surface area (TPSA) is 102 Å². The molecule has 2 rings (SSSR count). The summed E-state index contributed by atoms with van der Waals surface area (Å²) in [7, 11) is 0. The van der Waals surface area contributed by atoms with Gasteiger partial charge in [0.2, 0.25) is 5.95 Å². The van der Waals surface area contributed by atoms with Crippen LogP contribution < -0.4 is 22.3 Å². The SMILES string of the molecule is CC(C)(CNc1cc(NN)nc(N)n1)c1cccs1. The lowest BCUT2D eigenvalue weighted by Crippen LogP contribution is -2.27. The van der Waals surface area contributed by atoms with Crippen LogP contribution in [0.5, 0.6) is 0 Å². The van der Waals surface area contributed by atoms with Gasteiger partial charge in [0, 0.05) is 22.9 Å². The first-order chi connectivity index (χ1) is 9.01. The molecule has 0 unspecified atom stereocenters. The Hall–Kier alpha value is -1.86. The number of anilines is 3. The van der Waals surface area contributed by atoms with E-state index in [2.05, 4.69) is 52.1 Å². The molecule has 0 saturated heterocycles. The van der Waals surface area contributed by atoms with E-state index in [9.17, 15) is 0 Å². The molecule has 0 amide bonds. The Labute approximate surface area is 116 Å². The van der Waals surface area contributed by atoms with Crippen LogP contribution >= 0.6 is 11.3 Å². The summed E-state index contributed by atoms with van der Waals surface area (Å²) in [6.45, 7) is 5.10. The molecule has 19 heavy (non-hydrogen) atoms. The van der Waals surface area contributed by atoms with Gasteiger partial charge in [-0.15, -0.1) is 11.3 Å². The van der Waals surface area contributed by atoms with E-state index in [0.717, 1.165) is 6.54 Å². The van der Waals surface area contributed by atoms with Gasteiger partial charge in [-0.2, -0.15) is 9.97 Å². The number of hydrazine groups is 1.